The summed E-state index contributed by atoms with van der Waals surface area (Å²) in [4.78, 5) is 28.1. The van der Waals surface area contributed by atoms with Gasteiger partial charge in [-0.3, -0.25) is 4.79 Å². The maximum Gasteiger partial charge on any atom is 0.317 e. The van der Waals surface area contributed by atoms with Crippen LogP contribution in [-0.4, -0.2) is 76.1 Å². The number of fused-ring (bicyclic) bond motifs is 1. The van der Waals surface area contributed by atoms with Crippen LogP contribution in [0.3, 0.4) is 0 Å². The lowest BCUT2D eigenvalue weighted by Crippen LogP contribution is -2.44. The van der Waals surface area contributed by atoms with E-state index in [2.05, 4.69) is 15.6 Å². The number of urea groups is 1. The molecule has 1 fully saturated rings. The highest BCUT2D eigenvalue weighted by atomic mass is 16.5. The van der Waals surface area contributed by atoms with Crippen molar-refractivity contribution in [3.05, 3.63) is 11.4 Å². The normalized spacial score (nSPS) is 17.3. The minimum Gasteiger partial charge on any atom is -0.378 e. The fourth-order valence-corrected chi connectivity index (χ4v) is 3.10. The Bertz CT molecular complexity index is 611. The molecule has 1 aromatic rings. The molecule has 1 saturated heterocycles. The molecule has 3 rings (SSSR count). The molecule has 1 aromatic heterocycles. The molecule has 9 nitrogen and oxygen atoms in total. The van der Waals surface area contributed by atoms with E-state index in [1.165, 1.54) is 0 Å². The van der Waals surface area contributed by atoms with Crippen LogP contribution in [-0.2, 0) is 29.0 Å². The molecule has 9 heteroatoms. The molecule has 0 bridgehead atoms. The van der Waals surface area contributed by atoms with Crippen LogP contribution in [0.15, 0.2) is 0 Å². The van der Waals surface area contributed by atoms with Crippen molar-refractivity contribution < 1.29 is 14.3 Å². The van der Waals surface area contributed by atoms with E-state index in [1.54, 1.807) is 4.90 Å². The summed E-state index contributed by atoms with van der Waals surface area (Å²) < 4.78 is 7.12. The van der Waals surface area contributed by atoms with Crippen LogP contribution in [0.4, 0.5) is 4.79 Å². The number of nitrogens with zero attached hydrogens (tertiary/aromatic N) is 5. The molecule has 3 heterocycles. The second-order valence-corrected chi connectivity index (χ2v) is 6.35. The van der Waals surface area contributed by atoms with Gasteiger partial charge in [-0.05, 0) is 6.42 Å². The summed E-state index contributed by atoms with van der Waals surface area (Å²) in [6.07, 6.45) is 1.87. The van der Waals surface area contributed by atoms with Gasteiger partial charge in [0.05, 0.1) is 37.7 Å². The molecule has 0 radical (unpaired) electrons. The number of carbonyl (C=O) groups is 2. The maximum atomic E-state index is 12.3. The molecule has 0 aromatic carbocycles. The number of hydrogen-bond acceptors (Lipinski definition) is 5. The topological polar surface area (TPSA) is 92.6 Å². The zero-order valence-electron chi connectivity index (χ0n) is 14.7. The highest BCUT2D eigenvalue weighted by Crippen LogP contribution is 2.16. The van der Waals surface area contributed by atoms with Gasteiger partial charge in [0, 0.05) is 39.0 Å². The molecule has 0 spiro atoms. The molecular weight excluding hydrogens is 324 g/mol. The Balaban J connectivity index is 1.57. The Morgan fingerprint density at radius 1 is 1.16 bits per heavy atom. The Hall–Kier alpha value is -2.16. The first-order chi connectivity index (χ1) is 12.2. The van der Waals surface area contributed by atoms with Gasteiger partial charge in [0.1, 0.15) is 0 Å². The summed E-state index contributed by atoms with van der Waals surface area (Å²) >= 11 is 0. The summed E-state index contributed by atoms with van der Waals surface area (Å²) in [6.45, 7) is 6.98. The van der Waals surface area contributed by atoms with Crippen LogP contribution in [0.5, 0.6) is 0 Å². The van der Waals surface area contributed by atoms with Crippen LogP contribution < -0.4 is 5.32 Å². The molecule has 0 atom stereocenters. The van der Waals surface area contributed by atoms with Crippen LogP contribution in [0.1, 0.15) is 31.2 Å². The van der Waals surface area contributed by atoms with Gasteiger partial charge in [0.2, 0.25) is 5.91 Å². The molecule has 0 aliphatic carbocycles. The number of aromatic nitrogens is 3. The predicted molar refractivity (Wildman–Crippen MR) is 89.8 cm³/mol. The lowest BCUT2D eigenvalue weighted by Gasteiger charge is -2.28. The molecule has 2 aliphatic rings. The fraction of sp³-hybridized carbons (Fsp3) is 0.750. The Morgan fingerprint density at radius 3 is 2.72 bits per heavy atom. The molecule has 1 N–H and O–H groups in total. The number of ether oxygens (including phenoxy) is 1. The van der Waals surface area contributed by atoms with Gasteiger partial charge in [-0.2, -0.15) is 0 Å². The highest BCUT2D eigenvalue weighted by Gasteiger charge is 2.25. The van der Waals surface area contributed by atoms with Crippen molar-refractivity contribution in [2.75, 3.05) is 39.4 Å². The number of hydrogen-bond donors (Lipinski definition) is 1. The maximum absolute atomic E-state index is 12.3. The summed E-state index contributed by atoms with van der Waals surface area (Å²) in [7, 11) is 0. The number of carbonyl (C=O) groups excluding carboxylic acids is 2. The fourth-order valence-electron chi connectivity index (χ4n) is 3.10. The minimum atomic E-state index is -0.0513. The Morgan fingerprint density at radius 2 is 1.96 bits per heavy atom. The minimum absolute atomic E-state index is 0.0513. The van der Waals surface area contributed by atoms with E-state index in [-0.39, 0.29) is 11.9 Å². The van der Waals surface area contributed by atoms with Gasteiger partial charge in [0.25, 0.3) is 0 Å². The van der Waals surface area contributed by atoms with Gasteiger partial charge in [-0.25, -0.2) is 9.48 Å². The number of aryl methyl sites for hydroxylation is 1. The van der Waals surface area contributed by atoms with E-state index >= 15 is 0 Å². The van der Waals surface area contributed by atoms with E-state index in [4.69, 9.17) is 4.74 Å². The van der Waals surface area contributed by atoms with E-state index in [9.17, 15) is 9.59 Å². The summed E-state index contributed by atoms with van der Waals surface area (Å²) in [5, 5.41) is 11.3. The number of rotatable bonds is 5. The van der Waals surface area contributed by atoms with Crippen molar-refractivity contribution in [3.63, 3.8) is 0 Å². The predicted octanol–water partition coefficient (Wildman–Crippen LogP) is 0.00470. The largest absolute Gasteiger partial charge is 0.378 e. The molecule has 138 valence electrons. The molecule has 0 unspecified atom stereocenters. The van der Waals surface area contributed by atoms with Gasteiger partial charge in [0.15, 0.2) is 0 Å². The molecule has 0 saturated carbocycles. The highest BCUT2D eigenvalue weighted by molar-refractivity contribution is 5.76. The third-order valence-corrected chi connectivity index (χ3v) is 4.59. The number of morpholine rings is 1. The van der Waals surface area contributed by atoms with Crippen LogP contribution in [0.25, 0.3) is 0 Å². The van der Waals surface area contributed by atoms with Gasteiger partial charge < -0.3 is 19.9 Å². The second kappa shape index (κ2) is 8.28. The van der Waals surface area contributed by atoms with Crippen LogP contribution in [0, 0.1) is 0 Å². The quantitative estimate of drug-likeness (QED) is 0.807. The Kier molecular flexibility index (Phi) is 5.85. The summed E-state index contributed by atoms with van der Waals surface area (Å²) in [6, 6.07) is -0.0513. The van der Waals surface area contributed by atoms with Crippen molar-refractivity contribution in [1.29, 1.82) is 0 Å². The van der Waals surface area contributed by atoms with Crippen molar-refractivity contribution in [2.24, 2.45) is 0 Å². The standard InChI is InChI=1S/C16H26N6O3/c1-2-5-17-16(24)21-6-7-22-14(12-21)13(18-19-22)3-4-15(23)20-8-10-25-11-9-20/h2-12H2,1H3,(H,17,24). The molecule has 25 heavy (non-hydrogen) atoms. The summed E-state index contributed by atoms with van der Waals surface area (Å²) in [5.41, 5.74) is 1.75. The third kappa shape index (κ3) is 4.28. The first-order valence-corrected chi connectivity index (χ1v) is 8.98. The van der Waals surface area contributed by atoms with E-state index in [1.807, 2.05) is 16.5 Å². The SMILES string of the molecule is CCCNC(=O)N1CCn2nnc(CCC(=O)N3CCOCC3)c2C1. The second-order valence-electron chi connectivity index (χ2n) is 6.35. The number of nitrogens with one attached hydrogen (secondary N) is 1. The summed E-state index contributed by atoms with van der Waals surface area (Å²) in [5.74, 6) is 0.124. The molecular formula is C16H26N6O3. The average Bonchev–Trinajstić information content (AvgIpc) is 3.07. The van der Waals surface area contributed by atoms with Gasteiger partial charge in [-0.1, -0.05) is 12.1 Å². The van der Waals surface area contributed by atoms with Gasteiger partial charge >= 0.3 is 6.03 Å². The van der Waals surface area contributed by atoms with Crippen molar-refractivity contribution >= 4 is 11.9 Å². The monoisotopic (exact) mass is 350 g/mol. The van der Waals surface area contributed by atoms with Crippen molar-refractivity contribution in [2.45, 2.75) is 39.3 Å². The first-order valence-electron chi connectivity index (χ1n) is 8.98. The van der Waals surface area contributed by atoms with Crippen LogP contribution >= 0.6 is 0 Å². The molecule has 2 aliphatic heterocycles. The average molecular weight is 350 g/mol. The van der Waals surface area contributed by atoms with Gasteiger partial charge in [-0.15, -0.1) is 5.10 Å². The van der Waals surface area contributed by atoms with E-state index < -0.39 is 0 Å². The lowest BCUT2D eigenvalue weighted by atomic mass is 10.1. The third-order valence-electron chi connectivity index (χ3n) is 4.59. The van der Waals surface area contributed by atoms with Crippen molar-refractivity contribution in [1.82, 2.24) is 30.1 Å². The zero-order chi connectivity index (χ0) is 17.6. The van der Waals surface area contributed by atoms with E-state index in [0.717, 1.165) is 17.8 Å². The molecule has 3 amide bonds. The Labute approximate surface area is 147 Å². The van der Waals surface area contributed by atoms with Crippen molar-refractivity contribution in [3.8, 4) is 0 Å². The first kappa shape index (κ1) is 17.7. The van der Waals surface area contributed by atoms with E-state index in [0.29, 0.717) is 65.3 Å². The lowest BCUT2D eigenvalue weighted by molar-refractivity contribution is -0.135. The van der Waals surface area contributed by atoms with Crippen LogP contribution in [0.2, 0.25) is 0 Å². The number of amides is 3. The zero-order valence-corrected chi connectivity index (χ0v) is 14.7. The smallest absolute Gasteiger partial charge is 0.317 e.